The van der Waals surface area contributed by atoms with Gasteiger partial charge in [-0.25, -0.2) is 4.39 Å². The predicted molar refractivity (Wildman–Crippen MR) is 57.6 cm³/mol. The van der Waals surface area contributed by atoms with Gasteiger partial charge in [0.1, 0.15) is 0 Å². The molecule has 0 atom stereocenters. The van der Waals surface area contributed by atoms with E-state index < -0.39 is 0 Å². The van der Waals surface area contributed by atoms with Crippen LogP contribution in [0.1, 0.15) is 12.5 Å². The molecule has 0 spiro atoms. The number of ether oxygens (including phenoxy) is 1. The third kappa shape index (κ3) is 1.97. The molecule has 1 aliphatic rings. The molecule has 1 saturated heterocycles. The fourth-order valence-corrected chi connectivity index (χ4v) is 1.99. The molecule has 1 fully saturated rings. The first kappa shape index (κ1) is 10.4. The van der Waals surface area contributed by atoms with Crippen LogP contribution in [0, 0.1) is 11.2 Å². The van der Waals surface area contributed by atoms with Gasteiger partial charge in [-0.3, -0.25) is 0 Å². The quantitative estimate of drug-likeness (QED) is 0.822. The van der Waals surface area contributed by atoms with E-state index in [0.717, 1.165) is 25.1 Å². The predicted octanol–water partition coefficient (Wildman–Crippen LogP) is 1.99. The fraction of sp³-hybridized carbons (Fsp3) is 0.500. The van der Waals surface area contributed by atoms with Gasteiger partial charge in [0.05, 0.1) is 7.11 Å². The summed E-state index contributed by atoms with van der Waals surface area (Å²) in [6.07, 6.45) is 0.767. The van der Waals surface area contributed by atoms with Crippen molar-refractivity contribution in [3.63, 3.8) is 0 Å². The Hall–Kier alpha value is -1.09. The van der Waals surface area contributed by atoms with E-state index in [4.69, 9.17) is 4.74 Å². The van der Waals surface area contributed by atoms with Gasteiger partial charge in [-0.1, -0.05) is 19.1 Å². The molecule has 15 heavy (non-hydrogen) atoms. The molecular formula is C12H16FNO. The molecule has 0 bridgehead atoms. The van der Waals surface area contributed by atoms with Crippen LogP contribution in [-0.4, -0.2) is 20.2 Å². The summed E-state index contributed by atoms with van der Waals surface area (Å²) in [7, 11) is 1.49. The third-order valence-corrected chi connectivity index (χ3v) is 2.98. The average Bonchev–Trinajstić information content (AvgIpc) is 2.19. The van der Waals surface area contributed by atoms with Gasteiger partial charge >= 0.3 is 0 Å². The second-order valence-electron chi connectivity index (χ2n) is 4.52. The van der Waals surface area contributed by atoms with E-state index in [1.165, 1.54) is 7.11 Å². The van der Waals surface area contributed by atoms with Gasteiger partial charge in [0.25, 0.3) is 0 Å². The normalized spacial score (nSPS) is 18.3. The number of nitrogens with one attached hydrogen (secondary N) is 1. The van der Waals surface area contributed by atoms with Crippen molar-refractivity contribution < 1.29 is 9.13 Å². The minimum absolute atomic E-state index is 0.202. The van der Waals surface area contributed by atoms with Crippen molar-refractivity contribution in [2.24, 2.45) is 5.41 Å². The molecule has 1 aliphatic heterocycles. The molecular weight excluding hydrogens is 193 g/mol. The lowest BCUT2D eigenvalue weighted by Crippen LogP contribution is -2.52. The molecule has 1 aromatic rings. The minimum Gasteiger partial charge on any atom is -0.494 e. The highest BCUT2D eigenvalue weighted by Gasteiger charge is 2.32. The van der Waals surface area contributed by atoms with E-state index in [-0.39, 0.29) is 11.2 Å². The summed E-state index contributed by atoms with van der Waals surface area (Å²) in [5, 5.41) is 3.22. The zero-order chi connectivity index (χ0) is 10.9. The molecule has 1 heterocycles. The summed E-state index contributed by atoms with van der Waals surface area (Å²) in [5.74, 6) is 0.122. The van der Waals surface area contributed by atoms with Crippen LogP contribution >= 0.6 is 0 Å². The molecule has 82 valence electrons. The first-order valence-corrected chi connectivity index (χ1v) is 5.17. The molecule has 0 aliphatic carbocycles. The number of halogens is 1. The fourth-order valence-electron chi connectivity index (χ4n) is 1.99. The highest BCUT2D eigenvalue weighted by molar-refractivity contribution is 5.32. The lowest BCUT2D eigenvalue weighted by molar-refractivity contribution is 0.193. The van der Waals surface area contributed by atoms with E-state index in [1.807, 2.05) is 12.1 Å². The SMILES string of the molecule is COc1cccc(CC2(C)CNC2)c1F. The highest BCUT2D eigenvalue weighted by atomic mass is 19.1. The van der Waals surface area contributed by atoms with Crippen molar-refractivity contribution in [1.29, 1.82) is 0 Å². The van der Waals surface area contributed by atoms with Crippen molar-refractivity contribution in [2.75, 3.05) is 20.2 Å². The summed E-state index contributed by atoms with van der Waals surface area (Å²) < 4.78 is 18.8. The van der Waals surface area contributed by atoms with Gasteiger partial charge in [-0.15, -0.1) is 0 Å². The minimum atomic E-state index is -0.215. The smallest absolute Gasteiger partial charge is 0.168 e. The summed E-state index contributed by atoms with van der Waals surface area (Å²) in [6.45, 7) is 4.09. The van der Waals surface area contributed by atoms with E-state index in [2.05, 4.69) is 12.2 Å². The number of methoxy groups -OCH3 is 1. The second kappa shape index (κ2) is 3.81. The Labute approximate surface area is 89.4 Å². The number of hydrogen-bond donors (Lipinski definition) is 1. The van der Waals surface area contributed by atoms with Crippen LogP contribution in [0.4, 0.5) is 4.39 Å². The van der Waals surface area contributed by atoms with Crippen molar-refractivity contribution >= 4 is 0 Å². The third-order valence-electron chi connectivity index (χ3n) is 2.98. The van der Waals surface area contributed by atoms with Crippen molar-refractivity contribution in [3.05, 3.63) is 29.6 Å². The standard InChI is InChI=1S/C12H16FNO/c1-12(7-14-8-12)6-9-4-3-5-10(15-2)11(9)13/h3-5,14H,6-8H2,1-2H3. The number of hydrogen-bond acceptors (Lipinski definition) is 2. The van der Waals surface area contributed by atoms with Crippen molar-refractivity contribution in [3.8, 4) is 5.75 Å². The lowest BCUT2D eigenvalue weighted by atomic mass is 9.78. The Kier molecular flexibility index (Phi) is 2.65. The largest absolute Gasteiger partial charge is 0.494 e. The number of rotatable bonds is 3. The van der Waals surface area contributed by atoms with Gasteiger partial charge in [-0.05, 0) is 23.5 Å². The van der Waals surface area contributed by atoms with Crippen molar-refractivity contribution in [1.82, 2.24) is 5.32 Å². The maximum atomic E-state index is 13.8. The monoisotopic (exact) mass is 209 g/mol. The highest BCUT2D eigenvalue weighted by Crippen LogP contribution is 2.30. The molecule has 2 rings (SSSR count). The Balaban J connectivity index is 2.20. The Morgan fingerprint density at radius 3 is 2.73 bits per heavy atom. The average molecular weight is 209 g/mol. The van der Waals surface area contributed by atoms with Gasteiger partial charge in [-0.2, -0.15) is 0 Å². The topological polar surface area (TPSA) is 21.3 Å². The van der Waals surface area contributed by atoms with Crippen molar-refractivity contribution in [2.45, 2.75) is 13.3 Å². The van der Waals surface area contributed by atoms with E-state index in [0.29, 0.717) is 5.75 Å². The Morgan fingerprint density at radius 2 is 2.20 bits per heavy atom. The summed E-state index contributed by atoms with van der Waals surface area (Å²) in [6, 6.07) is 5.33. The summed E-state index contributed by atoms with van der Waals surface area (Å²) in [5.41, 5.74) is 0.950. The molecule has 1 aromatic carbocycles. The van der Waals surface area contributed by atoms with E-state index in [9.17, 15) is 4.39 Å². The molecule has 0 radical (unpaired) electrons. The maximum absolute atomic E-state index is 13.8. The van der Waals surface area contributed by atoms with Crippen LogP contribution < -0.4 is 10.1 Å². The number of benzene rings is 1. The van der Waals surface area contributed by atoms with Crippen LogP contribution in [0.15, 0.2) is 18.2 Å². The van der Waals surface area contributed by atoms with Crippen LogP contribution in [0.3, 0.4) is 0 Å². The molecule has 2 nitrogen and oxygen atoms in total. The molecule has 0 aromatic heterocycles. The second-order valence-corrected chi connectivity index (χ2v) is 4.52. The first-order chi connectivity index (χ1) is 7.14. The first-order valence-electron chi connectivity index (χ1n) is 5.17. The van der Waals surface area contributed by atoms with Gasteiger partial charge in [0, 0.05) is 13.1 Å². The van der Waals surface area contributed by atoms with Crippen LogP contribution in [0.5, 0.6) is 5.75 Å². The van der Waals surface area contributed by atoms with Gasteiger partial charge in [0.2, 0.25) is 0 Å². The zero-order valence-electron chi connectivity index (χ0n) is 9.14. The zero-order valence-corrected chi connectivity index (χ0v) is 9.14. The van der Waals surface area contributed by atoms with E-state index >= 15 is 0 Å². The summed E-state index contributed by atoms with van der Waals surface area (Å²) in [4.78, 5) is 0. The molecule has 3 heteroatoms. The van der Waals surface area contributed by atoms with Crippen LogP contribution in [-0.2, 0) is 6.42 Å². The molecule has 0 unspecified atom stereocenters. The summed E-state index contributed by atoms with van der Waals surface area (Å²) >= 11 is 0. The van der Waals surface area contributed by atoms with E-state index in [1.54, 1.807) is 6.07 Å². The Bertz CT molecular complexity index is 361. The van der Waals surface area contributed by atoms with Crippen LogP contribution in [0.2, 0.25) is 0 Å². The van der Waals surface area contributed by atoms with Crippen LogP contribution in [0.25, 0.3) is 0 Å². The lowest BCUT2D eigenvalue weighted by Gasteiger charge is -2.39. The van der Waals surface area contributed by atoms with Gasteiger partial charge in [0.15, 0.2) is 11.6 Å². The molecule has 0 amide bonds. The Morgan fingerprint density at radius 1 is 1.47 bits per heavy atom. The maximum Gasteiger partial charge on any atom is 0.168 e. The molecule has 0 saturated carbocycles. The molecule has 1 N–H and O–H groups in total. The van der Waals surface area contributed by atoms with Gasteiger partial charge < -0.3 is 10.1 Å².